The van der Waals surface area contributed by atoms with Gasteiger partial charge in [-0.2, -0.15) is 0 Å². The van der Waals surface area contributed by atoms with Gasteiger partial charge in [0.25, 0.3) is 5.91 Å². The van der Waals surface area contributed by atoms with E-state index in [0.717, 1.165) is 0 Å². The molecule has 102 valence electrons. The third kappa shape index (κ3) is 3.36. The smallest absolute Gasteiger partial charge is 0.252 e. The quantitative estimate of drug-likeness (QED) is 0.906. The largest absolute Gasteiger partial charge is 0.368 e. The summed E-state index contributed by atoms with van der Waals surface area (Å²) in [7, 11) is 0. The highest BCUT2D eigenvalue weighted by atomic mass is 35.5. The van der Waals surface area contributed by atoms with E-state index in [-0.39, 0.29) is 0 Å². The molecule has 0 saturated carbocycles. The molecular formula is C15H13ClN2O2. The van der Waals surface area contributed by atoms with E-state index in [0.29, 0.717) is 16.1 Å². The lowest BCUT2D eigenvalue weighted by molar-refractivity contribution is -0.120. The summed E-state index contributed by atoms with van der Waals surface area (Å²) in [6.07, 6.45) is 0. The Balaban J connectivity index is 2.21. The molecule has 2 aromatic carbocycles. The fraction of sp³-hybridized carbons (Fsp3) is 0.0667. The second-order valence-electron chi connectivity index (χ2n) is 4.23. The van der Waals surface area contributed by atoms with Gasteiger partial charge in [0.05, 0.1) is 0 Å². The average Bonchev–Trinajstić information content (AvgIpc) is 2.45. The fourth-order valence-electron chi connectivity index (χ4n) is 1.81. The predicted octanol–water partition coefficient (Wildman–Crippen LogP) is 2.30. The highest BCUT2D eigenvalue weighted by Gasteiger charge is 2.20. The van der Waals surface area contributed by atoms with Crippen molar-refractivity contribution < 1.29 is 9.59 Å². The number of carbonyl (C=O) groups excluding carboxylic acids is 2. The lowest BCUT2D eigenvalue weighted by atomic mass is 10.1. The zero-order valence-electron chi connectivity index (χ0n) is 10.5. The number of amides is 2. The van der Waals surface area contributed by atoms with Crippen LogP contribution in [0.4, 0.5) is 0 Å². The van der Waals surface area contributed by atoms with Crippen LogP contribution >= 0.6 is 11.6 Å². The van der Waals surface area contributed by atoms with Crippen LogP contribution in [0.25, 0.3) is 0 Å². The van der Waals surface area contributed by atoms with E-state index in [1.54, 1.807) is 42.5 Å². The van der Waals surface area contributed by atoms with Gasteiger partial charge >= 0.3 is 0 Å². The molecule has 2 aromatic rings. The Hall–Kier alpha value is -2.33. The second kappa shape index (κ2) is 6.21. The van der Waals surface area contributed by atoms with E-state index >= 15 is 0 Å². The van der Waals surface area contributed by atoms with Gasteiger partial charge < -0.3 is 11.1 Å². The standard InChI is InChI=1S/C15H13ClN2O2/c16-12-8-4-7-11(9-12)15(20)18-13(14(17)19)10-5-2-1-3-6-10/h1-9,13H,(H2,17,19)(H,18,20)/t13-/m0/s1. The topological polar surface area (TPSA) is 72.2 Å². The minimum atomic E-state index is -0.873. The van der Waals surface area contributed by atoms with Crippen molar-refractivity contribution in [2.75, 3.05) is 0 Å². The summed E-state index contributed by atoms with van der Waals surface area (Å²) in [6.45, 7) is 0. The van der Waals surface area contributed by atoms with Crippen LogP contribution in [0.3, 0.4) is 0 Å². The van der Waals surface area contributed by atoms with Crippen molar-refractivity contribution in [3.63, 3.8) is 0 Å². The number of primary amides is 1. The highest BCUT2D eigenvalue weighted by Crippen LogP contribution is 2.15. The van der Waals surface area contributed by atoms with Crippen LogP contribution in [-0.2, 0) is 4.79 Å². The van der Waals surface area contributed by atoms with Crippen LogP contribution in [0.2, 0.25) is 5.02 Å². The number of benzene rings is 2. The van der Waals surface area contributed by atoms with Crippen molar-refractivity contribution in [3.05, 3.63) is 70.7 Å². The van der Waals surface area contributed by atoms with Crippen molar-refractivity contribution >= 4 is 23.4 Å². The Morgan fingerprint density at radius 2 is 1.75 bits per heavy atom. The van der Waals surface area contributed by atoms with Crippen molar-refractivity contribution in [2.45, 2.75) is 6.04 Å². The van der Waals surface area contributed by atoms with Gasteiger partial charge in [-0.1, -0.05) is 48.0 Å². The number of halogens is 1. The number of hydrogen-bond donors (Lipinski definition) is 2. The summed E-state index contributed by atoms with van der Waals surface area (Å²) < 4.78 is 0. The van der Waals surface area contributed by atoms with Gasteiger partial charge in [-0.25, -0.2) is 0 Å². The zero-order chi connectivity index (χ0) is 14.5. The molecule has 3 N–H and O–H groups in total. The average molecular weight is 289 g/mol. The Labute approximate surface area is 121 Å². The third-order valence-electron chi connectivity index (χ3n) is 2.78. The van der Waals surface area contributed by atoms with E-state index in [1.165, 1.54) is 6.07 Å². The maximum absolute atomic E-state index is 12.1. The Kier molecular flexibility index (Phi) is 4.38. The first-order chi connectivity index (χ1) is 9.58. The van der Waals surface area contributed by atoms with Crippen LogP contribution < -0.4 is 11.1 Å². The summed E-state index contributed by atoms with van der Waals surface area (Å²) in [4.78, 5) is 23.6. The molecule has 0 unspecified atom stereocenters. The molecule has 0 radical (unpaired) electrons. The molecule has 2 rings (SSSR count). The normalized spacial score (nSPS) is 11.7. The number of carbonyl (C=O) groups is 2. The molecule has 0 fully saturated rings. The highest BCUT2D eigenvalue weighted by molar-refractivity contribution is 6.31. The van der Waals surface area contributed by atoms with E-state index in [1.807, 2.05) is 6.07 Å². The van der Waals surface area contributed by atoms with E-state index in [2.05, 4.69) is 5.32 Å². The maximum atomic E-state index is 12.1. The molecule has 0 aliphatic heterocycles. The minimum absolute atomic E-state index is 0.375. The molecule has 0 aromatic heterocycles. The summed E-state index contributed by atoms with van der Waals surface area (Å²) in [5, 5.41) is 3.06. The molecule has 4 nitrogen and oxygen atoms in total. The zero-order valence-corrected chi connectivity index (χ0v) is 11.3. The summed E-state index contributed by atoms with van der Waals surface area (Å²) >= 11 is 5.83. The number of nitrogens with one attached hydrogen (secondary N) is 1. The first-order valence-electron chi connectivity index (χ1n) is 5.98. The van der Waals surface area contributed by atoms with E-state index < -0.39 is 17.9 Å². The van der Waals surface area contributed by atoms with Gasteiger partial charge in [0.2, 0.25) is 5.91 Å². The van der Waals surface area contributed by atoms with Gasteiger partial charge in [0.1, 0.15) is 6.04 Å². The first kappa shape index (κ1) is 14.1. The van der Waals surface area contributed by atoms with E-state index in [9.17, 15) is 9.59 Å². The fourth-order valence-corrected chi connectivity index (χ4v) is 2.00. The lowest BCUT2D eigenvalue weighted by Gasteiger charge is -2.16. The van der Waals surface area contributed by atoms with Gasteiger partial charge in [0, 0.05) is 10.6 Å². The number of rotatable bonds is 4. The monoisotopic (exact) mass is 288 g/mol. The second-order valence-corrected chi connectivity index (χ2v) is 4.67. The van der Waals surface area contributed by atoms with Crippen LogP contribution in [-0.4, -0.2) is 11.8 Å². The molecule has 0 heterocycles. The van der Waals surface area contributed by atoms with Gasteiger partial charge in [-0.05, 0) is 23.8 Å². The van der Waals surface area contributed by atoms with Crippen molar-refractivity contribution in [3.8, 4) is 0 Å². The minimum Gasteiger partial charge on any atom is -0.368 e. The number of hydrogen-bond acceptors (Lipinski definition) is 2. The van der Waals surface area contributed by atoms with Crippen LogP contribution in [0.15, 0.2) is 54.6 Å². The Bertz CT molecular complexity index is 629. The SMILES string of the molecule is NC(=O)[C@@H](NC(=O)c1cccc(Cl)c1)c1ccccc1. The van der Waals surface area contributed by atoms with Crippen molar-refractivity contribution in [2.24, 2.45) is 5.73 Å². The Morgan fingerprint density at radius 1 is 1.05 bits per heavy atom. The van der Waals surface area contributed by atoms with Crippen LogP contribution in [0.1, 0.15) is 22.0 Å². The van der Waals surface area contributed by atoms with E-state index in [4.69, 9.17) is 17.3 Å². The lowest BCUT2D eigenvalue weighted by Crippen LogP contribution is -2.37. The van der Waals surface area contributed by atoms with Crippen LogP contribution in [0, 0.1) is 0 Å². The van der Waals surface area contributed by atoms with Crippen molar-refractivity contribution in [1.29, 1.82) is 0 Å². The van der Waals surface area contributed by atoms with Crippen molar-refractivity contribution in [1.82, 2.24) is 5.32 Å². The summed E-state index contributed by atoms with van der Waals surface area (Å²) in [5.41, 5.74) is 6.35. The number of nitrogens with two attached hydrogens (primary N) is 1. The molecule has 0 saturated heterocycles. The molecule has 2 amide bonds. The molecule has 0 aliphatic rings. The predicted molar refractivity (Wildman–Crippen MR) is 77.3 cm³/mol. The molecule has 20 heavy (non-hydrogen) atoms. The summed E-state index contributed by atoms with van der Waals surface area (Å²) in [6, 6.07) is 14.4. The molecule has 5 heteroatoms. The molecule has 1 atom stereocenters. The molecule has 0 spiro atoms. The summed E-state index contributed by atoms with van der Waals surface area (Å²) in [5.74, 6) is -1.02. The third-order valence-corrected chi connectivity index (χ3v) is 3.01. The Morgan fingerprint density at radius 3 is 2.35 bits per heavy atom. The van der Waals surface area contributed by atoms with Gasteiger partial charge in [-0.3, -0.25) is 9.59 Å². The molecule has 0 aliphatic carbocycles. The first-order valence-corrected chi connectivity index (χ1v) is 6.36. The van der Waals surface area contributed by atoms with Gasteiger partial charge in [0.15, 0.2) is 0 Å². The molecular weight excluding hydrogens is 276 g/mol. The van der Waals surface area contributed by atoms with Crippen LogP contribution in [0.5, 0.6) is 0 Å². The van der Waals surface area contributed by atoms with Gasteiger partial charge in [-0.15, -0.1) is 0 Å². The maximum Gasteiger partial charge on any atom is 0.252 e. The molecule has 0 bridgehead atoms.